The molecule has 1 N–H and O–H groups in total. The molecule has 0 aliphatic heterocycles. The molecule has 0 atom stereocenters. The second-order valence-electron chi connectivity index (χ2n) is 4.70. The van der Waals surface area contributed by atoms with Crippen LogP contribution in [0, 0.1) is 0 Å². The third-order valence-corrected chi connectivity index (χ3v) is 3.38. The lowest BCUT2D eigenvalue weighted by Gasteiger charge is -2.01. The number of carbonyl (C=O) groups excluding carboxylic acids is 1. The fourth-order valence-electron chi connectivity index (χ4n) is 2.34. The molecule has 0 saturated heterocycles. The van der Waals surface area contributed by atoms with E-state index in [1.165, 1.54) is 7.11 Å². The molecule has 21 heavy (non-hydrogen) atoms. The van der Waals surface area contributed by atoms with E-state index < -0.39 is 0 Å². The third-order valence-electron chi connectivity index (χ3n) is 3.38. The maximum absolute atomic E-state index is 12.0. The topological polar surface area (TPSA) is 42.1 Å². The van der Waals surface area contributed by atoms with Crippen LogP contribution in [0.3, 0.4) is 0 Å². The molecule has 1 heterocycles. The van der Waals surface area contributed by atoms with Gasteiger partial charge in [-0.05, 0) is 17.2 Å². The SMILES string of the molecule is COC(=O)c1[nH]c(-c2ccccc2)cc1-c1ccccc1. The molecule has 0 aliphatic carbocycles. The predicted octanol–water partition coefficient (Wildman–Crippen LogP) is 4.14. The van der Waals surface area contributed by atoms with Gasteiger partial charge in [0.25, 0.3) is 0 Å². The van der Waals surface area contributed by atoms with Crippen LogP contribution in [0.5, 0.6) is 0 Å². The van der Waals surface area contributed by atoms with Crippen molar-refractivity contribution in [3.8, 4) is 22.4 Å². The van der Waals surface area contributed by atoms with E-state index in [0.29, 0.717) is 5.69 Å². The number of carbonyl (C=O) groups is 1. The Morgan fingerprint density at radius 3 is 2.05 bits per heavy atom. The Bertz CT molecular complexity index is 745. The highest BCUT2D eigenvalue weighted by atomic mass is 16.5. The van der Waals surface area contributed by atoms with E-state index >= 15 is 0 Å². The Balaban J connectivity index is 2.14. The van der Waals surface area contributed by atoms with Gasteiger partial charge in [0.1, 0.15) is 5.69 Å². The lowest BCUT2D eigenvalue weighted by atomic mass is 10.0. The molecule has 0 saturated carbocycles. The number of rotatable bonds is 3. The van der Waals surface area contributed by atoms with Crippen molar-refractivity contribution in [2.75, 3.05) is 7.11 Å². The van der Waals surface area contributed by atoms with Gasteiger partial charge in [-0.25, -0.2) is 4.79 Å². The molecule has 3 heteroatoms. The molecule has 0 bridgehead atoms. The van der Waals surface area contributed by atoms with Gasteiger partial charge < -0.3 is 9.72 Å². The van der Waals surface area contributed by atoms with Crippen molar-refractivity contribution in [1.82, 2.24) is 4.98 Å². The van der Waals surface area contributed by atoms with E-state index in [1.807, 2.05) is 66.7 Å². The molecule has 3 aromatic rings. The number of ether oxygens (including phenoxy) is 1. The predicted molar refractivity (Wildman–Crippen MR) is 83.0 cm³/mol. The fraction of sp³-hybridized carbons (Fsp3) is 0.0556. The molecule has 2 aromatic carbocycles. The Labute approximate surface area is 123 Å². The van der Waals surface area contributed by atoms with Crippen LogP contribution in [0.25, 0.3) is 22.4 Å². The smallest absolute Gasteiger partial charge is 0.355 e. The molecule has 0 spiro atoms. The van der Waals surface area contributed by atoms with Crippen LogP contribution in [0.15, 0.2) is 66.7 Å². The highest BCUT2D eigenvalue weighted by molar-refractivity contribution is 5.97. The molecule has 0 amide bonds. The fourth-order valence-corrected chi connectivity index (χ4v) is 2.34. The Hall–Kier alpha value is -2.81. The van der Waals surface area contributed by atoms with Gasteiger partial charge in [-0.15, -0.1) is 0 Å². The zero-order valence-electron chi connectivity index (χ0n) is 11.7. The number of hydrogen-bond acceptors (Lipinski definition) is 2. The zero-order chi connectivity index (χ0) is 14.7. The van der Waals surface area contributed by atoms with Crippen molar-refractivity contribution in [3.63, 3.8) is 0 Å². The molecular formula is C18H15NO2. The number of aromatic amines is 1. The van der Waals surface area contributed by atoms with Crippen molar-refractivity contribution in [3.05, 3.63) is 72.4 Å². The van der Waals surface area contributed by atoms with Crippen LogP contribution < -0.4 is 0 Å². The summed E-state index contributed by atoms with van der Waals surface area (Å²) in [5.41, 5.74) is 4.24. The minimum absolute atomic E-state index is 0.365. The van der Waals surface area contributed by atoms with Gasteiger partial charge in [0, 0.05) is 11.3 Å². The number of benzene rings is 2. The molecule has 3 rings (SSSR count). The van der Waals surface area contributed by atoms with E-state index in [1.54, 1.807) is 0 Å². The summed E-state index contributed by atoms with van der Waals surface area (Å²) in [6, 6.07) is 21.7. The highest BCUT2D eigenvalue weighted by Gasteiger charge is 2.17. The highest BCUT2D eigenvalue weighted by Crippen LogP contribution is 2.30. The molecule has 3 nitrogen and oxygen atoms in total. The maximum Gasteiger partial charge on any atom is 0.355 e. The maximum atomic E-state index is 12.0. The van der Waals surface area contributed by atoms with Crippen LogP contribution in [-0.4, -0.2) is 18.1 Å². The average Bonchev–Trinajstić information content (AvgIpc) is 3.01. The Kier molecular flexibility index (Phi) is 3.56. The van der Waals surface area contributed by atoms with Crippen molar-refractivity contribution in [2.45, 2.75) is 0 Å². The Morgan fingerprint density at radius 2 is 1.48 bits per heavy atom. The van der Waals surface area contributed by atoms with E-state index in [4.69, 9.17) is 4.74 Å². The van der Waals surface area contributed by atoms with Gasteiger partial charge in [0.2, 0.25) is 0 Å². The summed E-state index contributed by atoms with van der Waals surface area (Å²) in [6.45, 7) is 0. The normalized spacial score (nSPS) is 10.3. The van der Waals surface area contributed by atoms with E-state index in [-0.39, 0.29) is 5.97 Å². The quantitative estimate of drug-likeness (QED) is 0.731. The zero-order valence-corrected chi connectivity index (χ0v) is 11.7. The van der Waals surface area contributed by atoms with Crippen LogP contribution in [0.2, 0.25) is 0 Å². The first-order chi connectivity index (χ1) is 10.3. The van der Waals surface area contributed by atoms with E-state index in [0.717, 1.165) is 22.4 Å². The molecule has 104 valence electrons. The number of esters is 1. The minimum Gasteiger partial charge on any atom is -0.464 e. The summed E-state index contributed by atoms with van der Waals surface area (Å²) in [5, 5.41) is 0. The van der Waals surface area contributed by atoms with Gasteiger partial charge in [0.15, 0.2) is 0 Å². The monoisotopic (exact) mass is 277 g/mol. The third kappa shape index (κ3) is 2.58. The number of nitrogens with one attached hydrogen (secondary N) is 1. The first-order valence-corrected chi connectivity index (χ1v) is 6.72. The van der Waals surface area contributed by atoms with Gasteiger partial charge in [0.05, 0.1) is 7.11 Å². The van der Waals surface area contributed by atoms with Gasteiger partial charge in [-0.2, -0.15) is 0 Å². The van der Waals surface area contributed by atoms with Gasteiger partial charge in [-0.3, -0.25) is 0 Å². The molecule has 1 aromatic heterocycles. The second kappa shape index (κ2) is 5.67. The number of H-pyrrole nitrogens is 1. The molecule has 0 aliphatic rings. The summed E-state index contributed by atoms with van der Waals surface area (Å²) in [4.78, 5) is 15.2. The largest absolute Gasteiger partial charge is 0.464 e. The van der Waals surface area contributed by atoms with Crippen molar-refractivity contribution in [1.29, 1.82) is 0 Å². The summed E-state index contributed by atoms with van der Waals surface area (Å²) in [6.07, 6.45) is 0. The standard InChI is InChI=1S/C18H15NO2/c1-21-18(20)17-15(13-8-4-2-5-9-13)12-16(19-17)14-10-6-3-7-11-14/h2-12,19H,1H3. The van der Waals surface area contributed by atoms with Crippen molar-refractivity contribution in [2.24, 2.45) is 0 Å². The van der Waals surface area contributed by atoms with Crippen LogP contribution in [0.4, 0.5) is 0 Å². The van der Waals surface area contributed by atoms with Crippen molar-refractivity contribution >= 4 is 5.97 Å². The Morgan fingerprint density at radius 1 is 0.905 bits per heavy atom. The summed E-state index contributed by atoms with van der Waals surface area (Å²) in [5.74, 6) is -0.365. The van der Waals surface area contributed by atoms with Gasteiger partial charge in [-0.1, -0.05) is 60.7 Å². The van der Waals surface area contributed by atoms with E-state index in [2.05, 4.69) is 4.98 Å². The number of aromatic nitrogens is 1. The molecular weight excluding hydrogens is 262 g/mol. The minimum atomic E-state index is -0.365. The lowest BCUT2D eigenvalue weighted by Crippen LogP contribution is -2.03. The van der Waals surface area contributed by atoms with E-state index in [9.17, 15) is 4.79 Å². The number of hydrogen-bond donors (Lipinski definition) is 1. The van der Waals surface area contributed by atoms with Crippen LogP contribution in [-0.2, 0) is 4.74 Å². The second-order valence-corrected chi connectivity index (χ2v) is 4.70. The summed E-state index contributed by atoms with van der Waals surface area (Å²) < 4.78 is 4.88. The van der Waals surface area contributed by atoms with Gasteiger partial charge >= 0.3 is 5.97 Å². The first kappa shape index (κ1) is 13.2. The lowest BCUT2D eigenvalue weighted by molar-refractivity contribution is 0.0596. The first-order valence-electron chi connectivity index (χ1n) is 6.72. The average molecular weight is 277 g/mol. The summed E-state index contributed by atoms with van der Waals surface area (Å²) in [7, 11) is 1.39. The molecule has 0 unspecified atom stereocenters. The van der Waals surface area contributed by atoms with Crippen molar-refractivity contribution < 1.29 is 9.53 Å². The molecule has 0 radical (unpaired) electrons. The van der Waals surface area contributed by atoms with Crippen LogP contribution >= 0.6 is 0 Å². The summed E-state index contributed by atoms with van der Waals surface area (Å²) >= 11 is 0. The number of methoxy groups -OCH3 is 1. The molecule has 0 fully saturated rings. The van der Waals surface area contributed by atoms with Crippen LogP contribution in [0.1, 0.15) is 10.5 Å².